The average Bonchev–Trinajstić information content (AvgIpc) is 2.84. The third-order valence-corrected chi connectivity index (χ3v) is 13.9. The molecule has 4 aromatic carbocycles. The second-order valence-electron chi connectivity index (χ2n) is 7.96. The maximum absolute atomic E-state index is 6.65. The molecule has 0 N–H and O–H groups in total. The molecule has 5 heteroatoms. The monoisotopic (exact) mass is 481 g/mol. The molecule has 0 spiro atoms. The van der Waals surface area contributed by atoms with Gasteiger partial charge in [-0.25, -0.2) is 4.98 Å². The minimum absolute atomic E-state index is 1.01. The first-order valence-electron chi connectivity index (χ1n) is 10.4. The van der Waals surface area contributed by atoms with Gasteiger partial charge in [-0.2, -0.15) is 0 Å². The van der Waals surface area contributed by atoms with E-state index in [0.717, 1.165) is 22.2 Å². The molecule has 5 aromatic rings. The van der Waals surface area contributed by atoms with Gasteiger partial charge in [-0.1, -0.05) is 96.0 Å². The molecule has 2 aliphatic heterocycles. The Labute approximate surface area is 200 Å². The number of para-hydroxylation sites is 1. The van der Waals surface area contributed by atoms with Gasteiger partial charge in [0.25, 0.3) is 0 Å². The van der Waals surface area contributed by atoms with Crippen LogP contribution in [0.3, 0.4) is 0 Å². The number of rotatable bonds is 1. The molecule has 0 bridgehead atoms. The van der Waals surface area contributed by atoms with Crippen molar-refractivity contribution < 1.29 is 0 Å². The second-order valence-corrected chi connectivity index (χ2v) is 14.4. The zero-order chi connectivity index (χ0) is 21.3. The number of nitrogens with zero attached hydrogens (tertiary/aromatic N) is 1. The standard InChI is InChI=1S/C27H16NPS3/c30-29-21-9-3-5-11-23(21)31-25-15-18(20-14-13-17-7-1-2-8-19(17)28-20)16-26(27(25)29)32-24-12-6-4-10-22(24)29/h1-16H. The van der Waals surface area contributed by atoms with Crippen LogP contribution in [0.4, 0.5) is 0 Å². The SMILES string of the molecule is S=P12c3ccccc3Sc3cc(-c4ccc5ccccc5n4)cc(c31)Sc1ccccc12. The van der Waals surface area contributed by atoms with E-state index in [1.807, 2.05) is 29.6 Å². The van der Waals surface area contributed by atoms with Crippen molar-refractivity contribution >= 4 is 68.2 Å². The van der Waals surface area contributed by atoms with Gasteiger partial charge in [0.1, 0.15) is 0 Å². The number of fused-ring (bicyclic) bond motifs is 5. The van der Waals surface area contributed by atoms with Gasteiger partial charge in [0.05, 0.1) is 11.2 Å². The molecular formula is C27H16NPS3. The Morgan fingerprint density at radius 1 is 0.625 bits per heavy atom. The van der Waals surface area contributed by atoms with E-state index in [2.05, 4.69) is 91.0 Å². The Balaban J connectivity index is 1.51. The smallest absolute Gasteiger partial charge is 0.0710 e. The molecule has 0 aliphatic carbocycles. The van der Waals surface area contributed by atoms with Crippen LogP contribution in [0, 0.1) is 0 Å². The Hall–Kier alpha value is -2.36. The highest BCUT2D eigenvalue weighted by molar-refractivity contribution is 8.27. The number of aromatic nitrogens is 1. The largest absolute Gasteiger partial charge is 0.248 e. The van der Waals surface area contributed by atoms with Crippen LogP contribution in [-0.4, -0.2) is 4.98 Å². The van der Waals surface area contributed by atoms with Crippen LogP contribution in [0.15, 0.2) is 117 Å². The van der Waals surface area contributed by atoms with Crippen molar-refractivity contribution in [1.29, 1.82) is 0 Å². The van der Waals surface area contributed by atoms with Gasteiger partial charge in [-0.15, -0.1) is 0 Å². The summed E-state index contributed by atoms with van der Waals surface area (Å²) in [5.74, 6) is 0. The average molecular weight is 482 g/mol. The van der Waals surface area contributed by atoms with E-state index in [9.17, 15) is 0 Å². The maximum Gasteiger partial charge on any atom is 0.0710 e. The van der Waals surface area contributed by atoms with E-state index in [0.29, 0.717) is 0 Å². The van der Waals surface area contributed by atoms with Gasteiger partial charge in [-0.05, 0) is 36.4 Å². The summed E-state index contributed by atoms with van der Waals surface area (Å²) in [5.41, 5.74) is 3.19. The van der Waals surface area contributed by atoms with Crippen molar-refractivity contribution in [3.05, 3.63) is 97.1 Å². The van der Waals surface area contributed by atoms with Crippen LogP contribution in [0.2, 0.25) is 0 Å². The molecule has 1 nitrogen and oxygen atoms in total. The molecule has 0 amide bonds. The Kier molecular flexibility index (Phi) is 4.23. The molecular weight excluding hydrogens is 465 g/mol. The van der Waals surface area contributed by atoms with Crippen molar-refractivity contribution in [2.75, 3.05) is 0 Å². The van der Waals surface area contributed by atoms with Crippen LogP contribution >= 0.6 is 29.6 Å². The third kappa shape index (κ3) is 2.67. The summed E-state index contributed by atoms with van der Waals surface area (Å²) in [6.07, 6.45) is 0. The fourth-order valence-electron chi connectivity index (χ4n) is 4.64. The lowest BCUT2D eigenvalue weighted by Crippen LogP contribution is -2.34. The second kappa shape index (κ2) is 7.07. The van der Waals surface area contributed by atoms with E-state index in [1.54, 1.807) is 0 Å². The number of hydrogen-bond donors (Lipinski definition) is 0. The van der Waals surface area contributed by atoms with E-state index < -0.39 is 6.04 Å². The Bertz CT molecular complexity index is 1550. The van der Waals surface area contributed by atoms with Crippen molar-refractivity contribution in [1.82, 2.24) is 4.98 Å². The topological polar surface area (TPSA) is 12.9 Å². The first kappa shape index (κ1) is 19.1. The first-order valence-corrected chi connectivity index (χ1v) is 14.8. The van der Waals surface area contributed by atoms with Gasteiger partial charge in [0.2, 0.25) is 0 Å². The van der Waals surface area contributed by atoms with E-state index in [-0.39, 0.29) is 0 Å². The van der Waals surface area contributed by atoms with Gasteiger partial charge >= 0.3 is 0 Å². The van der Waals surface area contributed by atoms with E-state index in [4.69, 9.17) is 16.8 Å². The molecule has 0 atom stereocenters. The number of benzene rings is 4. The predicted molar refractivity (Wildman–Crippen MR) is 141 cm³/mol. The van der Waals surface area contributed by atoms with Gasteiger partial charge in [0, 0.05) is 52.5 Å². The van der Waals surface area contributed by atoms with Crippen molar-refractivity contribution in [3.8, 4) is 11.3 Å². The van der Waals surface area contributed by atoms with Crippen molar-refractivity contribution in [2.24, 2.45) is 0 Å². The summed E-state index contributed by atoms with van der Waals surface area (Å²) < 4.78 is 0. The third-order valence-electron chi connectivity index (χ3n) is 6.10. The number of hydrogen-bond acceptors (Lipinski definition) is 4. The molecule has 0 unspecified atom stereocenters. The van der Waals surface area contributed by atoms with Crippen LogP contribution in [0.5, 0.6) is 0 Å². The fourth-order valence-corrected chi connectivity index (χ4v) is 13.9. The molecule has 0 saturated heterocycles. The first-order chi connectivity index (χ1) is 15.7. The van der Waals surface area contributed by atoms with Gasteiger partial charge in [-0.3, -0.25) is 0 Å². The molecule has 152 valence electrons. The molecule has 0 saturated carbocycles. The van der Waals surface area contributed by atoms with Crippen LogP contribution in [-0.2, 0) is 11.8 Å². The lowest BCUT2D eigenvalue weighted by molar-refractivity contribution is 1.32. The summed E-state index contributed by atoms with van der Waals surface area (Å²) in [6, 6.07) is 32.6. The van der Waals surface area contributed by atoms with Gasteiger partial charge in [0.15, 0.2) is 0 Å². The highest BCUT2D eigenvalue weighted by Gasteiger charge is 2.40. The van der Waals surface area contributed by atoms with Crippen molar-refractivity contribution in [2.45, 2.75) is 19.6 Å². The quantitative estimate of drug-likeness (QED) is 0.245. The van der Waals surface area contributed by atoms with Crippen LogP contribution in [0.1, 0.15) is 0 Å². The highest BCUT2D eigenvalue weighted by atomic mass is 32.4. The molecule has 32 heavy (non-hydrogen) atoms. The summed E-state index contributed by atoms with van der Waals surface area (Å²) in [4.78, 5) is 10.1. The summed E-state index contributed by atoms with van der Waals surface area (Å²) in [6.45, 7) is 0. The lowest BCUT2D eigenvalue weighted by Gasteiger charge is -2.37. The summed E-state index contributed by atoms with van der Waals surface area (Å²) in [5, 5.41) is 5.19. The van der Waals surface area contributed by atoms with Crippen molar-refractivity contribution in [3.63, 3.8) is 0 Å². The Morgan fingerprint density at radius 3 is 1.91 bits per heavy atom. The highest BCUT2D eigenvalue weighted by Crippen LogP contribution is 2.59. The number of pyridine rings is 1. The predicted octanol–water partition coefficient (Wildman–Crippen LogP) is 6.59. The maximum atomic E-state index is 6.65. The fraction of sp³-hybridized carbons (Fsp3) is 0. The summed E-state index contributed by atoms with van der Waals surface area (Å²) >= 11 is 10.4. The zero-order valence-electron chi connectivity index (χ0n) is 16.9. The molecule has 0 radical (unpaired) electrons. The molecule has 0 fully saturated rings. The van der Waals surface area contributed by atoms with Gasteiger partial charge < -0.3 is 0 Å². The minimum atomic E-state index is -2.09. The van der Waals surface area contributed by atoms with Crippen LogP contribution in [0.25, 0.3) is 22.2 Å². The zero-order valence-corrected chi connectivity index (χ0v) is 20.2. The molecule has 2 aliphatic rings. The van der Waals surface area contributed by atoms with E-state index in [1.165, 1.54) is 35.5 Å². The summed E-state index contributed by atoms with van der Waals surface area (Å²) in [7, 11) is 0. The van der Waals surface area contributed by atoms with E-state index >= 15 is 0 Å². The Morgan fingerprint density at radius 2 is 1.22 bits per heavy atom. The molecule has 3 heterocycles. The molecule has 7 rings (SSSR count). The molecule has 1 aromatic heterocycles. The lowest BCUT2D eigenvalue weighted by atomic mass is 10.1. The van der Waals surface area contributed by atoms with Crippen LogP contribution < -0.4 is 15.9 Å². The normalized spacial score (nSPS) is 15.0. The minimum Gasteiger partial charge on any atom is -0.248 e.